The van der Waals surface area contributed by atoms with Crippen molar-refractivity contribution in [1.29, 1.82) is 0 Å². The highest BCUT2D eigenvalue weighted by molar-refractivity contribution is 7.89. The van der Waals surface area contributed by atoms with Crippen LogP contribution >= 0.6 is 0 Å². The lowest BCUT2D eigenvalue weighted by Crippen LogP contribution is -2.32. The van der Waals surface area contributed by atoms with Crippen LogP contribution < -0.4 is 15.2 Å². The molecule has 0 radical (unpaired) electrons. The van der Waals surface area contributed by atoms with Crippen LogP contribution in [-0.2, 0) is 10.0 Å². The second-order valence-corrected chi connectivity index (χ2v) is 6.68. The van der Waals surface area contributed by atoms with Crippen molar-refractivity contribution in [2.45, 2.75) is 36.6 Å². The Bertz CT molecular complexity index is 653. The van der Waals surface area contributed by atoms with Gasteiger partial charge in [-0.05, 0) is 31.0 Å². The minimum absolute atomic E-state index is 0.0377. The van der Waals surface area contributed by atoms with Gasteiger partial charge in [0.25, 0.3) is 0 Å². The van der Waals surface area contributed by atoms with Gasteiger partial charge in [-0.2, -0.15) is 0 Å². The number of rotatable bonds is 4. The third-order valence-electron chi connectivity index (χ3n) is 3.48. The molecule has 0 atom stereocenters. The van der Waals surface area contributed by atoms with Gasteiger partial charge >= 0.3 is 0 Å². The minimum atomic E-state index is -3.52. The quantitative estimate of drug-likeness (QED) is 0.820. The molecule has 114 valence electrons. The predicted octanol–water partition coefficient (Wildman–Crippen LogP) is 1.23. The molecule has 1 saturated carbocycles. The summed E-state index contributed by atoms with van der Waals surface area (Å²) in [5, 5.41) is 0. The summed E-state index contributed by atoms with van der Waals surface area (Å²) in [6.45, 7) is 0.209. The van der Waals surface area contributed by atoms with Crippen LogP contribution in [0.1, 0.15) is 31.2 Å². The molecule has 3 N–H and O–H groups in total. The summed E-state index contributed by atoms with van der Waals surface area (Å²) in [4.78, 5) is 0.205. The van der Waals surface area contributed by atoms with Gasteiger partial charge in [0.2, 0.25) is 10.0 Å². The smallest absolute Gasteiger partial charge is 0.240 e. The minimum Gasteiger partial charge on any atom is -0.495 e. The molecule has 1 aromatic rings. The Morgan fingerprint density at radius 3 is 2.71 bits per heavy atom. The van der Waals surface area contributed by atoms with E-state index in [0.717, 1.165) is 25.7 Å². The molecule has 1 aliphatic carbocycles. The Morgan fingerprint density at radius 2 is 2.10 bits per heavy atom. The van der Waals surface area contributed by atoms with Crippen LogP contribution in [-0.4, -0.2) is 28.1 Å². The Hall–Kier alpha value is -1.55. The maximum Gasteiger partial charge on any atom is 0.240 e. The van der Waals surface area contributed by atoms with E-state index in [9.17, 15) is 8.42 Å². The van der Waals surface area contributed by atoms with Gasteiger partial charge in [-0.25, -0.2) is 13.1 Å². The summed E-state index contributed by atoms with van der Waals surface area (Å²) < 4.78 is 32.7. The van der Waals surface area contributed by atoms with Crippen molar-refractivity contribution in [3.63, 3.8) is 0 Å². The lowest BCUT2D eigenvalue weighted by Gasteiger charge is -2.13. The number of ether oxygens (including phenoxy) is 1. The fourth-order valence-corrected chi connectivity index (χ4v) is 3.76. The van der Waals surface area contributed by atoms with E-state index in [1.54, 1.807) is 6.07 Å². The van der Waals surface area contributed by atoms with Gasteiger partial charge in [-0.3, -0.25) is 0 Å². The summed E-state index contributed by atoms with van der Waals surface area (Å²) in [6.07, 6.45) is 3.94. The standard InChI is InChI=1S/C15H20N2O3S/c1-20-15-9-8-14(11-12(15)5-4-10-16)21(18,19)17-13-6-2-3-7-13/h8-9,11,13,17H,2-3,6-7,10,16H2,1H3. The largest absolute Gasteiger partial charge is 0.495 e. The Labute approximate surface area is 125 Å². The van der Waals surface area contributed by atoms with Crippen molar-refractivity contribution in [3.8, 4) is 17.6 Å². The molecular weight excluding hydrogens is 288 g/mol. The molecule has 0 unspecified atom stereocenters. The predicted molar refractivity (Wildman–Crippen MR) is 81.5 cm³/mol. The van der Waals surface area contributed by atoms with Crippen LogP contribution in [0.5, 0.6) is 5.75 Å². The molecule has 0 spiro atoms. The third-order valence-corrected chi connectivity index (χ3v) is 5.00. The summed E-state index contributed by atoms with van der Waals surface area (Å²) >= 11 is 0. The van der Waals surface area contributed by atoms with Crippen LogP contribution in [0.4, 0.5) is 0 Å². The Morgan fingerprint density at radius 1 is 1.38 bits per heavy atom. The molecule has 5 nitrogen and oxygen atoms in total. The zero-order chi connectivity index (χ0) is 15.3. The molecular formula is C15H20N2O3S. The molecule has 1 aliphatic rings. The van der Waals surface area contributed by atoms with Gasteiger partial charge in [0.1, 0.15) is 5.75 Å². The van der Waals surface area contributed by atoms with Gasteiger partial charge in [-0.15, -0.1) is 0 Å². The van der Waals surface area contributed by atoms with Crippen molar-refractivity contribution in [2.24, 2.45) is 5.73 Å². The lowest BCUT2D eigenvalue weighted by atomic mass is 10.2. The molecule has 0 saturated heterocycles. The number of hydrogen-bond acceptors (Lipinski definition) is 4. The van der Waals surface area contributed by atoms with Crippen LogP contribution in [0.2, 0.25) is 0 Å². The Balaban J connectivity index is 2.30. The first-order chi connectivity index (χ1) is 10.1. The van der Waals surface area contributed by atoms with E-state index in [2.05, 4.69) is 16.6 Å². The molecule has 2 rings (SSSR count). The fourth-order valence-electron chi connectivity index (χ4n) is 2.43. The van der Waals surface area contributed by atoms with E-state index < -0.39 is 10.0 Å². The average molecular weight is 308 g/mol. The van der Waals surface area contributed by atoms with Crippen LogP contribution in [0.15, 0.2) is 23.1 Å². The Kier molecular flexibility index (Phi) is 5.23. The molecule has 0 amide bonds. The van der Waals surface area contributed by atoms with Crippen molar-refractivity contribution in [2.75, 3.05) is 13.7 Å². The first-order valence-corrected chi connectivity index (χ1v) is 8.44. The second kappa shape index (κ2) is 6.94. The summed E-state index contributed by atoms with van der Waals surface area (Å²) in [5.74, 6) is 6.09. The molecule has 0 aromatic heterocycles. The maximum absolute atomic E-state index is 12.4. The van der Waals surface area contributed by atoms with Crippen molar-refractivity contribution in [1.82, 2.24) is 4.72 Å². The average Bonchev–Trinajstić information content (AvgIpc) is 2.96. The van der Waals surface area contributed by atoms with Crippen LogP contribution in [0.25, 0.3) is 0 Å². The van der Waals surface area contributed by atoms with E-state index in [1.807, 2.05) is 0 Å². The van der Waals surface area contributed by atoms with Gasteiger partial charge in [0, 0.05) is 6.04 Å². The molecule has 0 bridgehead atoms. The molecule has 1 aromatic carbocycles. The number of sulfonamides is 1. The summed E-state index contributed by atoms with van der Waals surface area (Å²) in [7, 11) is -2.00. The lowest BCUT2D eigenvalue weighted by molar-refractivity contribution is 0.413. The second-order valence-electron chi connectivity index (χ2n) is 4.97. The number of methoxy groups -OCH3 is 1. The maximum atomic E-state index is 12.4. The van der Waals surface area contributed by atoms with E-state index in [1.165, 1.54) is 19.2 Å². The number of nitrogens with two attached hydrogens (primary N) is 1. The van der Waals surface area contributed by atoms with Crippen LogP contribution in [0, 0.1) is 11.8 Å². The zero-order valence-electron chi connectivity index (χ0n) is 12.1. The van der Waals surface area contributed by atoms with Crippen molar-refractivity contribution < 1.29 is 13.2 Å². The first kappa shape index (κ1) is 15.8. The first-order valence-electron chi connectivity index (χ1n) is 6.96. The topological polar surface area (TPSA) is 81.4 Å². The molecule has 21 heavy (non-hydrogen) atoms. The van der Waals surface area contributed by atoms with Gasteiger partial charge in [0.05, 0.1) is 24.1 Å². The summed E-state index contributed by atoms with van der Waals surface area (Å²) in [6, 6.07) is 4.71. The number of hydrogen-bond donors (Lipinski definition) is 2. The number of nitrogens with one attached hydrogen (secondary N) is 1. The summed E-state index contributed by atoms with van der Waals surface area (Å²) in [5.41, 5.74) is 5.88. The fraction of sp³-hybridized carbons (Fsp3) is 0.467. The molecule has 0 heterocycles. The van der Waals surface area contributed by atoms with Gasteiger partial charge < -0.3 is 10.5 Å². The monoisotopic (exact) mass is 308 g/mol. The van der Waals surface area contributed by atoms with Crippen molar-refractivity contribution >= 4 is 10.0 Å². The van der Waals surface area contributed by atoms with Gasteiger partial charge in [0.15, 0.2) is 0 Å². The molecule has 6 heteroatoms. The normalized spacial score (nSPS) is 15.5. The van der Waals surface area contributed by atoms with E-state index in [0.29, 0.717) is 11.3 Å². The highest BCUT2D eigenvalue weighted by Crippen LogP contribution is 2.24. The molecule has 1 fully saturated rings. The van der Waals surface area contributed by atoms with E-state index >= 15 is 0 Å². The van der Waals surface area contributed by atoms with E-state index in [4.69, 9.17) is 10.5 Å². The highest BCUT2D eigenvalue weighted by atomic mass is 32.2. The molecule has 0 aliphatic heterocycles. The third kappa shape index (κ3) is 3.97. The number of benzene rings is 1. The van der Waals surface area contributed by atoms with Crippen molar-refractivity contribution in [3.05, 3.63) is 23.8 Å². The SMILES string of the molecule is COc1ccc(S(=O)(=O)NC2CCCC2)cc1C#CCN. The van der Waals surface area contributed by atoms with Crippen LogP contribution in [0.3, 0.4) is 0 Å². The zero-order valence-corrected chi connectivity index (χ0v) is 12.9. The van der Waals surface area contributed by atoms with Gasteiger partial charge in [-0.1, -0.05) is 24.7 Å². The van der Waals surface area contributed by atoms with E-state index in [-0.39, 0.29) is 17.5 Å². The highest BCUT2D eigenvalue weighted by Gasteiger charge is 2.23.